The van der Waals surface area contributed by atoms with Gasteiger partial charge in [0.25, 0.3) is 0 Å². The van der Waals surface area contributed by atoms with Crippen LogP contribution in [0.1, 0.15) is 24.6 Å². The first-order valence-corrected chi connectivity index (χ1v) is 4.06. The van der Waals surface area contributed by atoms with E-state index < -0.39 is 0 Å². The van der Waals surface area contributed by atoms with Crippen LogP contribution < -0.4 is 5.73 Å². The van der Waals surface area contributed by atoms with Crippen molar-refractivity contribution in [2.75, 3.05) is 5.73 Å². The molecule has 0 atom stereocenters. The fourth-order valence-electron chi connectivity index (χ4n) is 1.08. The van der Waals surface area contributed by atoms with E-state index in [-0.39, 0.29) is 11.5 Å². The lowest BCUT2D eigenvalue weighted by Gasteiger charge is -2.05. The number of nitrogens with two attached hydrogens (primary N) is 1. The monoisotopic (exact) mass is 168 g/mol. The highest BCUT2D eigenvalue weighted by Gasteiger charge is 2.07. The smallest absolute Gasteiger partial charge is 0.152 e. The predicted molar refractivity (Wildman–Crippen MR) is 47.3 cm³/mol. The zero-order chi connectivity index (χ0) is 9.14. The molecule has 0 aromatic carbocycles. The van der Waals surface area contributed by atoms with Gasteiger partial charge in [-0.3, -0.25) is 4.98 Å². The van der Waals surface area contributed by atoms with Crippen molar-refractivity contribution in [1.29, 1.82) is 0 Å². The Hall–Kier alpha value is -1.12. The molecular weight excluding hydrogens is 155 g/mol. The zero-order valence-electron chi connectivity index (χ0n) is 7.39. The van der Waals surface area contributed by atoms with Crippen molar-refractivity contribution in [3.05, 3.63) is 23.3 Å². The first kappa shape index (κ1) is 8.97. The molecule has 66 valence electrons. The summed E-state index contributed by atoms with van der Waals surface area (Å²) in [6.45, 7) is 3.67. The third-order valence-electron chi connectivity index (χ3n) is 1.79. The second-order valence-corrected chi connectivity index (χ2v) is 2.87. The van der Waals surface area contributed by atoms with Gasteiger partial charge in [-0.25, -0.2) is 4.39 Å². The van der Waals surface area contributed by atoms with E-state index in [0.29, 0.717) is 11.3 Å². The molecule has 0 saturated carbocycles. The van der Waals surface area contributed by atoms with E-state index in [1.54, 1.807) is 6.92 Å². The first-order valence-electron chi connectivity index (χ1n) is 4.06. The number of hydrogen-bond acceptors (Lipinski definition) is 2. The lowest BCUT2D eigenvalue weighted by atomic mass is 10.1. The first-order chi connectivity index (χ1) is 5.66. The largest absolute Gasteiger partial charge is 0.395 e. The minimum absolute atomic E-state index is 0.205. The Balaban J connectivity index is 3.08. The minimum Gasteiger partial charge on any atom is -0.395 e. The van der Waals surface area contributed by atoms with Gasteiger partial charge in [0.05, 0.1) is 11.4 Å². The summed E-state index contributed by atoms with van der Waals surface area (Å²) in [7, 11) is 0. The van der Waals surface area contributed by atoms with Gasteiger partial charge in [0.1, 0.15) is 0 Å². The van der Waals surface area contributed by atoms with E-state index in [9.17, 15) is 4.39 Å². The van der Waals surface area contributed by atoms with Crippen LogP contribution >= 0.6 is 0 Å². The van der Waals surface area contributed by atoms with E-state index in [0.717, 1.165) is 12.8 Å². The van der Waals surface area contributed by atoms with Crippen LogP contribution in [0.25, 0.3) is 0 Å². The Bertz CT molecular complexity index is 284. The van der Waals surface area contributed by atoms with Gasteiger partial charge in [0, 0.05) is 11.8 Å². The van der Waals surface area contributed by atoms with E-state index in [1.807, 2.05) is 6.92 Å². The van der Waals surface area contributed by atoms with Crippen LogP contribution in [0, 0.1) is 12.7 Å². The van der Waals surface area contributed by atoms with Crippen molar-refractivity contribution in [3.8, 4) is 0 Å². The number of aromatic nitrogens is 1. The summed E-state index contributed by atoms with van der Waals surface area (Å²) in [5.74, 6) is -0.326. The number of anilines is 1. The second-order valence-electron chi connectivity index (χ2n) is 2.87. The van der Waals surface area contributed by atoms with E-state index in [1.165, 1.54) is 6.20 Å². The van der Waals surface area contributed by atoms with Crippen LogP contribution in [0.15, 0.2) is 6.20 Å². The molecule has 12 heavy (non-hydrogen) atoms. The molecule has 1 aromatic rings. The molecule has 0 spiro atoms. The number of nitrogen functional groups attached to an aromatic ring is 1. The molecule has 1 aromatic heterocycles. The highest BCUT2D eigenvalue weighted by Crippen LogP contribution is 2.17. The van der Waals surface area contributed by atoms with Crippen molar-refractivity contribution < 1.29 is 4.39 Å². The maximum absolute atomic E-state index is 13.1. The van der Waals surface area contributed by atoms with Crippen LogP contribution in [-0.2, 0) is 6.42 Å². The molecule has 3 heteroatoms. The summed E-state index contributed by atoms with van der Waals surface area (Å²) in [5, 5.41) is 0. The van der Waals surface area contributed by atoms with Gasteiger partial charge in [-0.2, -0.15) is 0 Å². The molecule has 2 nitrogen and oxygen atoms in total. The fourth-order valence-corrected chi connectivity index (χ4v) is 1.08. The quantitative estimate of drug-likeness (QED) is 0.734. The lowest BCUT2D eigenvalue weighted by Crippen LogP contribution is -2.02. The van der Waals surface area contributed by atoms with Gasteiger partial charge in [-0.15, -0.1) is 0 Å². The molecule has 1 heterocycles. The Morgan fingerprint density at radius 3 is 2.83 bits per heavy atom. The molecule has 0 unspecified atom stereocenters. The summed E-state index contributed by atoms with van der Waals surface area (Å²) in [4.78, 5) is 4.06. The van der Waals surface area contributed by atoms with Crippen molar-refractivity contribution in [2.45, 2.75) is 26.7 Å². The lowest BCUT2D eigenvalue weighted by molar-refractivity contribution is 0.617. The zero-order valence-corrected chi connectivity index (χ0v) is 7.39. The van der Waals surface area contributed by atoms with Gasteiger partial charge < -0.3 is 5.73 Å². The summed E-state index contributed by atoms with van der Waals surface area (Å²) < 4.78 is 13.1. The Morgan fingerprint density at radius 2 is 2.25 bits per heavy atom. The summed E-state index contributed by atoms with van der Waals surface area (Å²) in [6.07, 6.45) is 3.19. The van der Waals surface area contributed by atoms with Crippen LogP contribution in [0.5, 0.6) is 0 Å². The van der Waals surface area contributed by atoms with Crippen molar-refractivity contribution in [2.24, 2.45) is 0 Å². The van der Waals surface area contributed by atoms with E-state index in [2.05, 4.69) is 4.98 Å². The van der Waals surface area contributed by atoms with Gasteiger partial charge >= 0.3 is 0 Å². The third kappa shape index (κ3) is 1.55. The number of nitrogens with zero attached hydrogens (tertiary/aromatic N) is 1. The highest BCUT2D eigenvalue weighted by atomic mass is 19.1. The molecule has 0 aliphatic heterocycles. The molecule has 0 fully saturated rings. The van der Waals surface area contributed by atoms with Gasteiger partial charge in [-0.1, -0.05) is 13.3 Å². The Labute approximate surface area is 71.6 Å². The van der Waals surface area contributed by atoms with E-state index in [4.69, 9.17) is 5.73 Å². The average Bonchev–Trinajstić information content (AvgIpc) is 2.07. The molecule has 1 rings (SSSR count). The molecular formula is C9H13FN2. The van der Waals surface area contributed by atoms with Crippen molar-refractivity contribution >= 4 is 5.69 Å². The number of pyridine rings is 1. The standard InChI is InChI=1S/C9H13FN2/c1-3-4-7-9(11)8(10)6(2)5-12-7/h5H,3-4,11H2,1-2H3. The molecule has 2 N–H and O–H groups in total. The molecule has 0 radical (unpaired) electrons. The third-order valence-corrected chi connectivity index (χ3v) is 1.79. The average molecular weight is 168 g/mol. The predicted octanol–water partition coefficient (Wildman–Crippen LogP) is 2.06. The molecule has 0 amide bonds. The molecule has 0 saturated heterocycles. The number of rotatable bonds is 2. The van der Waals surface area contributed by atoms with Crippen LogP contribution in [0.2, 0.25) is 0 Å². The van der Waals surface area contributed by atoms with Crippen LogP contribution in [0.3, 0.4) is 0 Å². The fraction of sp³-hybridized carbons (Fsp3) is 0.444. The minimum atomic E-state index is -0.326. The second kappa shape index (κ2) is 3.52. The highest BCUT2D eigenvalue weighted by molar-refractivity contribution is 5.46. The van der Waals surface area contributed by atoms with Crippen LogP contribution in [0.4, 0.5) is 10.1 Å². The topological polar surface area (TPSA) is 38.9 Å². The Kier molecular flexibility index (Phi) is 2.63. The normalized spacial score (nSPS) is 10.2. The van der Waals surface area contributed by atoms with Crippen LogP contribution in [-0.4, -0.2) is 4.98 Å². The number of aryl methyl sites for hydroxylation is 2. The Morgan fingerprint density at radius 1 is 1.58 bits per heavy atom. The molecule has 0 bridgehead atoms. The number of hydrogen-bond donors (Lipinski definition) is 1. The summed E-state index contributed by atoms with van der Waals surface area (Å²) in [5.41, 5.74) is 6.91. The number of halogens is 1. The SMILES string of the molecule is CCCc1ncc(C)c(F)c1N. The van der Waals surface area contributed by atoms with Crippen molar-refractivity contribution in [3.63, 3.8) is 0 Å². The summed E-state index contributed by atoms with van der Waals surface area (Å²) >= 11 is 0. The van der Waals surface area contributed by atoms with Gasteiger partial charge in [0.2, 0.25) is 0 Å². The van der Waals surface area contributed by atoms with Crippen molar-refractivity contribution in [1.82, 2.24) is 4.98 Å². The molecule has 0 aliphatic carbocycles. The summed E-state index contributed by atoms with van der Waals surface area (Å²) in [6, 6.07) is 0. The van der Waals surface area contributed by atoms with Gasteiger partial charge in [0.15, 0.2) is 5.82 Å². The molecule has 0 aliphatic rings. The maximum atomic E-state index is 13.1. The van der Waals surface area contributed by atoms with E-state index >= 15 is 0 Å². The maximum Gasteiger partial charge on any atom is 0.152 e. The van der Waals surface area contributed by atoms with Gasteiger partial charge in [-0.05, 0) is 13.3 Å².